The third-order valence-electron chi connectivity index (χ3n) is 2.85. The van der Waals surface area contributed by atoms with Crippen LogP contribution in [0.1, 0.15) is 34.8 Å². The van der Waals surface area contributed by atoms with E-state index in [0.29, 0.717) is 5.56 Å². The minimum Gasteiger partial charge on any atom is -0.288 e. The molecule has 0 heterocycles. The van der Waals surface area contributed by atoms with Crippen molar-refractivity contribution >= 4 is 5.78 Å². The second kappa shape index (κ2) is 5.58. The van der Waals surface area contributed by atoms with E-state index in [1.165, 1.54) is 6.07 Å². The highest BCUT2D eigenvalue weighted by molar-refractivity contribution is 6.09. The fraction of sp³-hybridized carbons (Fsp3) is 0.188. The topological polar surface area (TPSA) is 17.1 Å². The molecule has 0 saturated heterocycles. The maximum atomic E-state index is 13.7. The van der Waals surface area contributed by atoms with Crippen molar-refractivity contribution in [3.05, 3.63) is 71.0 Å². The molecule has 0 aliphatic rings. The maximum Gasteiger partial charge on any atom is 0.195 e. The molecule has 1 nitrogen and oxygen atoms in total. The van der Waals surface area contributed by atoms with E-state index >= 15 is 0 Å². The zero-order chi connectivity index (χ0) is 13.0. The number of carbonyl (C=O) groups is 1. The first-order chi connectivity index (χ1) is 8.72. The van der Waals surface area contributed by atoms with Crippen molar-refractivity contribution in [3.8, 4) is 0 Å². The summed E-state index contributed by atoms with van der Waals surface area (Å²) < 4.78 is 13.7. The first-order valence-corrected chi connectivity index (χ1v) is 6.10. The van der Waals surface area contributed by atoms with Gasteiger partial charge in [-0.25, -0.2) is 4.39 Å². The Morgan fingerprint density at radius 3 is 2.50 bits per heavy atom. The molecule has 2 rings (SSSR count). The van der Waals surface area contributed by atoms with Crippen molar-refractivity contribution in [2.45, 2.75) is 19.8 Å². The molecule has 0 amide bonds. The number of rotatable bonds is 4. The summed E-state index contributed by atoms with van der Waals surface area (Å²) in [7, 11) is 0. The molecule has 2 aromatic carbocycles. The fourth-order valence-electron chi connectivity index (χ4n) is 1.94. The molecule has 18 heavy (non-hydrogen) atoms. The summed E-state index contributed by atoms with van der Waals surface area (Å²) in [5.74, 6) is -0.713. The summed E-state index contributed by atoms with van der Waals surface area (Å²) in [6.45, 7) is 2.06. The van der Waals surface area contributed by atoms with Gasteiger partial charge in [0.05, 0.1) is 5.56 Å². The Labute approximate surface area is 106 Å². The number of hydrogen-bond donors (Lipinski definition) is 0. The highest BCUT2D eigenvalue weighted by Crippen LogP contribution is 2.16. The molecule has 0 aliphatic carbocycles. The highest BCUT2D eigenvalue weighted by atomic mass is 19.1. The smallest absolute Gasteiger partial charge is 0.195 e. The molecule has 0 unspecified atom stereocenters. The Morgan fingerprint density at radius 1 is 1.11 bits per heavy atom. The number of carbonyl (C=O) groups excluding carboxylic acids is 1. The van der Waals surface area contributed by atoms with Crippen LogP contribution in [0.5, 0.6) is 0 Å². The van der Waals surface area contributed by atoms with Crippen molar-refractivity contribution in [2.24, 2.45) is 0 Å². The molecule has 0 atom stereocenters. The van der Waals surface area contributed by atoms with Crippen molar-refractivity contribution in [1.29, 1.82) is 0 Å². The van der Waals surface area contributed by atoms with Gasteiger partial charge >= 0.3 is 0 Å². The fourth-order valence-corrected chi connectivity index (χ4v) is 1.94. The molecule has 0 radical (unpaired) electrons. The Morgan fingerprint density at radius 2 is 1.83 bits per heavy atom. The first-order valence-electron chi connectivity index (χ1n) is 6.10. The van der Waals surface area contributed by atoms with Gasteiger partial charge < -0.3 is 0 Å². The van der Waals surface area contributed by atoms with Crippen molar-refractivity contribution in [3.63, 3.8) is 0 Å². The second-order valence-electron chi connectivity index (χ2n) is 4.26. The average Bonchev–Trinajstić information content (AvgIpc) is 2.41. The lowest BCUT2D eigenvalue weighted by Gasteiger charge is -2.05. The highest BCUT2D eigenvalue weighted by Gasteiger charge is 2.14. The van der Waals surface area contributed by atoms with Crippen LogP contribution < -0.4 is 0 Å². The summed E-state index contributed by atoms with van der Waals surface area (Å²) >= 11 is 0. The first kappa shape index (κ1) is 12.5. The van der Waals surface area contributed by atoms with Gasteiger partial charge in [-0.2, -0.15) is 0 Å². The van der Waals surface area contributed by atoms with E-state index in [9.17, 15) is 9.18 Å². The molecule has 0 aromatic heterocycles. The number of ketones is 1. The molecule has 0 saturated carbocycles. The van der Waals surface area contributed by atoms with E-state index in [2.05, 4.69) is 6.92 Å². The predicted octanol–water partition coefficient (Wildman–Crippen LogP) is 4.01. The van der Waals surface area contributed by atoms with Crippen LogP contribution in [-0.2, 0) is 6.42 Å². The second-order valence-corrected chi connectivity index (χ2v) is 4.26. The zero-order valence-electron chi connectivity index (χ0n) is 10.3. The molecule has 92 valence electrons. The van der Waals surface area contributed by atoms with Crippen LogP contribution in [0.4, 0.5) is 4.39 Å². The number of halogens is 1. The molecule has 0 spiro atoms. The van der Waals surface area contributed by atoms with Crippen LogP contribution in [-0.4, -0.2) is 5.78 Å². The largest absolute Gasteiger partial charge is 0.288 e. The van der Waals surface area contributed by atoms with Crippen LogP contribution in [0, 0.1) is 5.82 Å². The van der Waals surface area contributed by atoms with Crippen LogP contribution >= 0.6 is 0 Å². The van der Waals surface area contributed by atoms with E-state index < -0.39 is 5.82 Å². The van der Waals surface area contributed by atoms with Gasteiger partial charge in [-0.3, -0.25) is 4.79 Å². The number of benzene rings is 2. The van der Waals surface area contributed by atoms with Crippen LogP contribution in [0.15, 0.2) is 48.5 Å². The minimum atomic E-state index is -0.455. The normalized spacial score (nSPS) is 10.3. The Bertz CT molecular complexity index is 546. The van der Waals surface area contributed by atoms with Crippen molar-refractivity contribution in [2.75, 3.05) is 0 Å². The summed E-state index contributed by atoms with van der Waals surface area (Å²) in [5, 5.41) is 0. The van der Waals surface area contributed by atoms with Gasteiger partial charge in [-0.05, 0) is 24.1 Å². The van der Waals surface area contributed by atoms with E-state index in [1.54, 1.807) is 36.4 Å². The lowest BCUT2D eigenvalue weighted by atomic mass is 9.99. The van der Waals surface area contributed by atoms with Crippen LogP contribution in [0.3, 0.4) is 0 Å². The molecule has 2 aromatic rings. The van der Waals surface area contributed by atoms with Crippen LogP contribution in [0.2, 0.25) is 0 Å². The third-order valence-corrected chi connectivity index (χ3v) is 2.85. The molecule has 2 heteroatoms. The van der Waals surface area contributed by atoms with E-state index in [1.807, 2.05) is 6.07 Å². The lowest BCUT2D eigenvalue weighted by molar-refractivity contribution is 0.103. The quantitative estimate of drug-likeness (QED) is 0.740. The molecule has 0 aliphatic heterocycles. The van der Waals surface area contributed by atoms with E-state index in [0.717, 1.165) is 18.4 Å². The Hall–Kier alpha value is -1.96. The van der Waals surface area contributed by atoms with Gasteiger partial charge in [-0.1, -0.05) is 49.7 Å². The molecular formula is C16H15FO. The molecular weight excluding hydrogens is 227 g/mol. The lowest BCUT2D eigenvalue weighted by Crippen LogP contribution is -2.05. The summed E-state index contributed by atoms with van der Waals surface area (Å²) in [4.78, 5) is 12.2. The number of aryl methyl sites for hydroxylation is 1. The van der Waals surface area contributed by atoms with E-state index in [4.69, 9.17) is 0 Å². The minimum absolute atomic E-state index is 0.159. The Balaban J connectivity index is 2.38. The van der Waals surface area contributed by atoms with Crippen molar-refractivity contribution < 1.29 is 9.18 Å². The summed E-state index contributed by atoms with van der Waals surface area (Å²) in [6.07, 6.45) is 1.83. The van der Waals surface area contributed by atoms with Gasteiger partial charge in [0.1, 0.15) is 5.82 Å². The monoisotopic (exact) mass is 242 g/mol. The number of hydrogen-bond acceptors (Lipinski definition) is 1. The summed E-state index contributed by atoms with van der Waals surface area (Å²) in [5.41, 5.74) is 1.68. The van der Waals surface area contributed by atoms with Gasteiger partial charge in [-0.15, -0.1) is 0 Å². The van der Waals surface area contributed by atoms with Crippen molar-refractivity contribution in [1.82, 2.24) is 0 Å². The van der Waals surface area contributed by atoms with Crippen LogP contribution in [0.25, 0.3) is 0 Å². The maximum absolute atomic E-state index is 13.7. The third kappa shape index (κ3) is 2.65. The van der Waals surface area contributed by atoms with Gasteiger partial charge in [0, 0.05) is 5.56 Å². The summed E-state index contributed by atoms with van der Waals surface area (Å²) in [6, 6.07) is 13.6. The van der Waals surface area contributed by atoms with E-state index in [-0.39, 0.29) is 11.3 Å². The standard InChI is InChI=1S/C16H15FO/c1-2-6-12-9-10-15(17)14(11-12)16(18)13-7-4-3-5-8-13/h3-5,7-11H,2,6H2,1H3. The predicted molar refractivity (Wildman–Crippen MR) is 70.3 cm³/mol. The zero-order valence-corrected chi connectivity index (χ0v) is 10.3. The van der Waals surface area contributed by atoms with Gasteiger partial charge in [0.25, 0.3) is 0 Å². The van der Waals surface area contributed by atoms with Gasteiger partial charge in [0.15, 0.2) is 5.78 Å². The molecule has 0 bridgehead atoms. The SMILES string of the molecule is CCCc1ccc(F)c(C(=O)c2ccccc2)c1. The average molecular weight is 242 g/mol. The molecule has 0 fully saturated rings. The Kier molecular flexibility index (Phi) is 3.88. The van der Waals surface area contributed by atoms with Gasteiger partial charge in [0.2, 0.25) is 0 Å². The molecule has 0 N–H and O–H groups in total.